The van der Waals surface area contributed by atoms with Crippen LogP contribution in [0.15, 0.2) is 29.6 Å². The van der Waals surface area contributed by atoms with E-state index in [0.717, 1.165) is 16.8 Å². The molecule has 1 aliphatic carbocycles. The zero-order chi connectivity index (χ0) is 13.8. The molecule has 0 aromatic carbocycles. The summed E-state index contributed by atoms with van der Waals surface area (Å²) in [6.45, 7) is 1.12. The molecule has 0 spiro atoms. The highest BCUT2D eigenvalue weighted by Crippen LogP contribution is 2.33. The molecule has 1 N–H and O–H groups in total. The summed E-state index contributed by atoms with van der Waals surface area (Å²) in [5.74, 6) is 0.849. The van der Waals surface area contributed by atoms with Crippen molar-refractivity contribution in [3.63, 3.8) is 0 Å². The standard InChI is InChI=1S/C16H20ClNS2/c17-15-9-8-14(20-15)16(13-7-4-10-19-13)18-11-12-5-2-1-3-6-12/h4,7-10,12,16,18H,1-3,5-6,11H2. The molecule has 0 radical (unpaired) electrons. The molecule has 1 fully saturated rings. The molecular weight excluding hydrogens is 306 g/mol. The second-order valence-electron chi connectivity index (χ2n) is 5.50. The van der Waals surface area contributed by atoms with Gasteiger partial charge in [-0.15, -0.1) is 22.7 Å². The zero-order valence-corrected chi connectivity index (χ0v) is 13.9. The van der Waals surface area contributed by atoms with Crippen molar-refractivity contribution in [3.8, 4) is 0 Å². The first-order valence-corrected chi connectivity index (χ1v) is 9.42. The normalized spacial score (nSPS) is 18.2. The third-order valence-electron chi connectivity index (χ3n) is 4.04. The molecule has 0 aliphatic heterocycles. The van der Waals surface area contributed by atoms with Crippen LogP contribution in [0, 0.1) is 5.92 Å². The van der Waals surface area contributed by atoms with E-state index in [0.29, 0.717) is 6.04 Å². The van der Waals surface area contributed by atoms with Crippen LogP contribution in [0.1, 0.15) is 47.9 Å². The molecule has 0 bridgehead atoms. The highest BCUT2D eigenvalue weighted by molar-refractivity contribution is 7.16. The molecule has 1 unspecified atom stereocenters. The lowest BCUT2D eigenvalue weighted by molar-refractivity contribution is 0.336. The third kappa shape index (κ3) is 3.64. The predicted molar refractivity (Wildman–Crippen MR) is 90.1 cm³/mol. The summed E-state index contributed by atoms with van der Waals surface area (Å²) in [6.07, 6.45) is 7.00. The summed E-state index contributed by atoms with van der Waals surface area (Å²) in [6, 6.07) is 8.83. The van der Waals surface area contributed by atoms with Gasteiger partial charge in [0.1, 0.15) is 0 Å². The van der Waals surface area contributed by atoms with E-state index >= 15 is 0 Å². The van der Waals surface area contributed by atoms with Crippen LogP contribution in [-0.2, 0) is 0 Å². The van der Waals surface area contributed by atoms with Gasteiger partial charge in [-0.1, -0.05) is 36.9 Å². The van der Waals surface area contributed by atoms with Gasteiger partial charge in [-0.3, -0.25) is 0 Å². The van der Waals surface area contributed by atoms with Gasteiger partial charge in [0.15, 0.2) is 0 Å². The van der Waals surface area contributed by atoms with E-state index in [2.05, 4.69) is 28.9 Å². The Bertz CT molecular complexity index is 514. The second-order valence-corrected chi connectivity index (χ2v) is 8.23. The van der Waals surface area contributed by atoms with E-state index in [9.17, 15) is 0 Å². The van der Waals surface area contributed by atoms with Gasteiger partial charge in [-0.25, -0.2) is 0 Å². The molecule has 20 heavy (non-hydrogen) atoms. The Morgan fingerprint density at radius 3 is 2.65 bits per heavy atom. The minimum atomic E-state index is 0.314. The maximum absolute atomic E-state index is 6.11. The summed E-state index contributed by atoms with van der Waals surface area (Å²) in [7, 11) is 0. The number of hydrogen-bond acceptors (Lipinski definition) is 3. The molecule has 2 aromatic rings. The Kier molecular flexibility index (Phi) is 5.16. The van der Waals surface area contributed by atoms with Gasteiger partial charge < -0.3 is 5.32 Å². The van der Waals surface area contributed by atoms with Crippen LogP contribution < -0.4 is 5.32 Å². The summed E-state index contributed by atoms with van der Waals surface area (Å²) >= 11 is 9.62. The molecule has 1 saturated carbocycles. The Labute approximate surface area is 134 Å². The smallest absolute Gasteiger partial charge is 0.0931 e. The highest BCUT2D eigenvalue weighted by Gasteiger charge is 2.20. The topological polar surface area (TPSA) is 12.0 Å². The second kappa shape index (κ2) is 7.08. The van der Waals surface area contributed by atoms with E-state index in [-0.39, 0.29) is 0 Å². The molecule has 108 valence electrons. The molecule has 1 nitrogen and oxygen atoms in total. The van der Waals surface area contributed by atoms with Crippen molar-refractivity contribution in [2.75, 3.05) is 6.54 Å². The lowest BCUT2D eigenvalue weighted by atomic mass is 9.89. The fourth-order valence-electron chi connectivity index (χ4n) is 2.96. The van der Waals surface area contributed by atoms with Gasteiger partial charge in [0, 0.05) is 9.75 Å². The van der Waals surface area contributed by atoms with Crippen molar-refractivity contribution in [2.24, 2.45) is 5.92 Å². The maximum atomic E-state index is 6.11. The Hall–Kier alpha value is -0.350. The van der Waals surface area contributed by atoms with Crippen LogP contribution in [0.2, 0.25) is 4.34 Å². The van der Waals surface area contributed by atoms with Crippen molar-refractivity contribution in [2.45, 2.75) is 38.1 Å². The van der Waals surface area contributed by atoms with E-state index in [1.165, 1.54) is 41.9 Å². The number of nitrogens with one attached hydrogen (secondary N) is 1. The van der Waals surface area contributed by atoms with Crippen LogP contribution in [0.4, 0.5) is 0 Å². The average Bonchev–Trinajstić information content (AvgIpc) is 3.13. The molecule has 3 rings (SSSR count). The molecule has 0 saturated heterocycles. The minimum Gasteiger partial charge on any atom is -0.305 e. The highest BCUT2D eigenvalue weighted by atomic mass is 35.5. The molecular formula is C16H20ClNS2. The summed E-state index contributed by atoms with van der Waals surface area (Å²) < 4.78 is 0.876. The molecule has 0 amide bonds. The monoisotopic (exact) mass is 325 g/mol. The first-order valence-electron chi connectivity index (χ1n) is 7.35. The molecule has 1 aliphatic rings. The van der Waals surface area contributed by atoms with Crippen molar-refractivity contribution in [1.29, 1.82) is 0 Å². The lowest BCUT2D eigenvalue weighted by Crippen LogP contribution is -2.28. The largest absolute Gasteiger partial charge is 0.305 e. The third-order valence-corrected chi connectivity index (χ3v) is 6.27. The van der Waals surface area contributed by atoms with Crippen LogP contribution in [0.25, 0.3) is 0 Å². The summed E-state index contributed by atoms with van der Waals surface area (Å²) in [4.78, 5) is 2.72. The van der Waals surface area contributed by atoms with Gasteiger partial charge in [0.25, 0.3) is 0 Å². The molecule has 1 atom stereocenters. The zero-order valence-electron chi connectivity index (χ0n) is 11.5. The fraction of sp³-hybridized carbons (Fsp3) is 0.500. The van der Waals surface area contributed by atoms with Crippen LogP contribution in [0.3, 0.4) is 0 Å². The van der Waals surface area contributed by atoms with E-state index in [1.54, 1.807) is 11.3 Å². The Balaban J connectivity index is 1.69. The molecule has 4 heteroatoms. The van der Waals surface area contributed by atoms with E-state index in [1.807, 2.05) is 17.4 Å². The van der Waals surface area contributed by atoms with Gasteiger partial charge in [0.05, 0.1) is 10.4 Å². The van der Waals surface area contributed by atoms with Crippen molar-refractivity contribution in [3.05, 3.63) is 43.7 Å². The predicted octanol–water partition coefficient (Wildman–Crippen LogP) is 5.72. The average molecular weight is 326 g/mol. The van der Waals surface area contributed by atoms with Gasteiger partial charge in [-0.2, -0.15) is 0 Å². The van der Waals surface area contributed by atoms with Crippen molar-refractivity contribution >= 4 is 34.3 Å². The summed E-state index contributed by atoms with van der Waals surface area (Å²) in [5.41, 5.74) is 0. The molecule has 2 heterocycles. The van der Waals surface area contributed by atoms with Crippen LogP contribution in [-0.4, -0.2) is 6.54 Å². The van der Waals surface area contributed by atoms with Crippen LogP contribution >= 0.6 is 34.3 Å². The first kappa shape index (κ1) is 14.6. The van der Waals surface area contributed by atoms with Gasteiger partial charge >= 0.3 is 0 Å². The van der Waals surface area contributed by atoms with Gasteiger partial charge in [-0.05, 0) is 48.9 Å². The first-order chi connectivity index (χ1) is 9.83. The molecule has 2 aromatic heterocycles. The fourth-order valence-corrected chi connectivity index (χ4v) is 5.00. The van der Waals surface area contributed by atoms with Crippen LogP contribution in [0.5, 0.6) is 0 Å². The van der Waals surface area contributed by atoms with E-state index < -0.39 is 0 Å². The quantitative estimate of drug-likeness (QED) is 0.741. The lowest BCUT2D eigenvalue weighted by Gasteiger charge is -2.24. The number of thiophene rings is 2. The SMILES string of the molecule is Clc1ccc(C(NCC2CCCCC2)c2cccs2)s1. The van der Waals surface area contributed by atoms with Crippen molar-refractivity contribution in [1.82, 2.24) is 5.32 Å². The summed E-state index contributed by atoms with van der Waals surface area (Å²) in [5, 5.41) is 5.94. The van der Waals surface area contributed by atoms with E-state index in [4.69, 9.17) is 11.6 Å². The number of halogens is 1. The Morgan fingerprint density at radius 1 is 1.15 bits per heavy atom. The minimum absolute atomic E-state index is 0.314. The Morgan fingerprint density at radius 2 is 2.00 bits per heavy atom. The maximum Gasteiger partial charge on any atom is 0.0931 e. The van der Waals surface area contributed by atoms with Gasteiger partial charge in [0.2, 0.25) is 0 Å². The number of rotatable bonds is 5. The number of hydrogen-bond donors (Lipinski definition) is 1. The van der Waals surface area contributed by atoms with Crippen molar-refractivity contribution < 1.29 is 0 Å².